The third kappa shape index (κ3) is 7.26. The van der Waals surface area contributed by atoms with Gasteiger partial charge in [0.2, 0.25) is 0 Å². The van der Waals surface area contributed by atoms with Crippen molar-refractivity contribution < 1.29 is 4.79 Å². The van der Waals surface area contributed by atoms with Crippen LogP contribution in [0.5, 0.6) is 0 Å². The molecule has 0 aliphatic carbocycles. The zero-order valence-electron chi connectivity index (χ0n) is 27.0. The van der Waals surface area contributed by atoms with Gasteiger partial charge in [0.15, 0.2) is 0 Å². The van der Waals surface area contributed by atoms with Gasteiger partial charge in [-0.2, -0.15) is 0 Å². The van der Waals surface area contributed by atoms with E-state index in [4.69, 9.17) is 0 Å². The van der Waals surface area contributed by atoms with E-state index in [2.05, 4.69) is 101 Å². The molecular formula is C38H49N5O. The zero-order valence-corrected chi connectivity index (χ0v) is 27.0. The number of hydrogen-bond donors (Lipinski definition) is 0. The molecule has 6 rings (SSSR count). The molecule has 232 valence electrons. The molecule has 0 radical (unpaired) electrons. The van der Waals surface area contributed by atoms with E-state index >= 15 is 0 Å². The van der Waals surface area contributed by atoms with Crippen molar-refractivity contribution in [2.75, 3.05) is 72.5 Å². The van der Waals surface area contributed by atoms with E-state index in [1.54, 1.807) is 0 Å². The molecule has 3 heterocycles. The lowest BCUT2D eigenvalue weighted by atomic mass is 10.0. The minimum atomic E-state index is 0.153. The van der Waals surface area contributed by atoms with Crippen LogP contribution in [0.3, 0.4) is 0 Å². The lowest BCUT2D eigenvalue weighted by molar-refractivity contribution is 0.0638. The predicted octanol–water partition coefficient (Wildman–Crippen LogP) is 5.49. The summed E-state index contributed by atoms with van der Waals surface area (Å²) >= 11 is 0. The second-order valence-corrected chi connectivity index (χ2v) is 13.0. The largest absolute Gasteiger partial charge is 0.345 e. The summed E-state index contributed by atoms with van der Waals surface area (Å²) in [6.45, 7) is 16.0. The van der Waals surface area contributed by atoms with E-state index in [9.17, 15) is 4.79 Å². The van der Waals surface area contributed by atoms with Gasteiger partial charge in [-0.25, -0.2) is 0 Å². The number of rotatable bonds is 10. The maximum Gasteiger partial charge on any atom is 0.253 e. The number of fused-ring (bicyclic) bond motifs is 1. The van der Waals surface area contributed by atoms with Gasteiger partial charge < -0.3 is 19.3 Å². The molecule has 0 N–H and O–H groups in total. The Morgan fingerprint density at radius 3 is 2.07 bits per heavy atom. The Hall–Kier alpha value is -3.45. The molecule has 1 aromatic heterocycles. The molecule has 3 aromatic carbocycles. The number of carbonyl (C=O) groups is 1. The summed E-state index contributed by atoms with van der Waals surface area (Å²) in [5.74, 6) is 0.153. The quantitative estimate of drug-likeness (QED) is 0.245. The fourth-order valence-electron chi connectivity index (χ4n) is 6.91. The topological polar surface area (TPSA) is 35.0 Å². The minimum Gasteiger partial charge on any atom is -0.345 e. The normalized spacial score (nSPS) is 17.0. The highest BCUT2D eigenvalue weighted by Gasteiger charge is 2.22. The molecule has 1 amide bonds. The van der Waals surface area contributed by atoms with Gasteiger partial charge in [-0.15, -0.1) is 0 Å². The van der Waals surface area contributed by atoms with Crippen molar-refractivity contribution in [1.29, 1.82) is 0 Å². The summed E-state index contributed by atoms with van der Waals surface area (Å²) in [5.41, 5.74) is 8.86. The summed E-state index contributed by atoms with van der Waals surface area (Å²) in [4.78, 5) is 22.8. The van der Waals surface area contributed by atoms with E-state index in [-0.39, 0.29) is 5.91 Å². The van der Waals surface area contributed by atoms with Crippen LogP contribution < -0.4 is 0 Å². The van der Waals surface area contributed by atoms with E-state index < -0.39 is 0 Å². The first-order valence-electron chi connectivity index (χ1n) is 16.6. The van der Waals surface area contributed by atoms with Crippen molar-refractivity contribution in [1.82, 2.24) is 24.2 Å². The Kier molecular flexibility index (Phi) is 9.80. The molecular weight excluding hydrogens is 542 g/mol. The highest BCUT2D eigenvalue weighted by atomic mass is 16.2. The standard InChI is InChI=1S/C38H49N5O/c1-30-31(2)43(18-7-17-40-22-20-39(3)21-23-40)37-15-12-34(29-36(30)37)28-33-10-13-35(14-11-33)38(44)42-26-24-41(25-27-42)19-16-32-8-5-4-6-9-32/h4-6,8-15,29H,7,16-28H2,1-3H3. The zero-order chi connectivity index (χ0) is 30.5. The lowest BCUT2D eigenvalue weighted by Gasteiger charge is -2.34. The SMILES string of the molecule is Cc1c(C)n(CCCN2CCN(C)CC2)c2ccc(Cc3ccc(C(=O)N4CCN(CCc5ccccc5)CC4)cc3)cc12. The average molecular weight is 592 g/mol. The van der Waals surface area contributed by atoms with Crippen molar-refractivity contribution >= 4 is 16.8 Å². The molecule has 4 aromatic rings. The highest BCUT2D eigenvalue weighted by Crippen LogP contribution is 2.28. The number of likely N-dealkylation sites (N-methyl/N-ethyl adjacent to an activating group) is 1. The third-order valence-electron chi connectivity index (χ3n) is 9.98. The minimum absolute atomic E-state index is 0.153. The molecule has 0 atom stereocenters. The first-order valence-corrected chi connectivity index (χ1v) is 16.6. The van der Waals surface area contributed by atoms with E-state index in [1.165, 1.54) is 78.0 Å². The van der Waals surface area contributed by atoms with E-state index in [0.717, 1.165) is 57.7 Å². The van der Waals surface area contributed by atoms with Crippen molar-refractivity contribution in [2.24, 2.45) is 0 Å². The fourth-order valence-corrected chi connectivity index (χ4v) is 6.91. The van der Waals surface area contributed by atoms with Crippen LogP contribution >= 0.6 is 0 Å². The molecule has 2 fully saturated rings. The van der Waals surface area contributed by atoms with Crippen LogP contribution in [0.15, 0.2) is 72.8 Å². The van der Waals surface area contributed by atoms with Crippen LogP contribution in [-0.4, -0.2) is 103 Å². The lowest BCUT2D eigenvalue weighted by Crippen LogP contribution is -2.49. The molecule has 0 saturated carbocycles. The molecule has 6 heteroatoms. The number of aryl methyl sites for hydroxylation is 2. The highest BCUT2D eigenvalue weighted by molar-refractivity contribution is 5.94. The summed E-state index contributed by atoms with van der Waals surface area (Å²) in [6, 6.07) is 25.9. The molecule has 0 spiro atoms. The monoisotopic (exact) mass is 591 g/mol. The molecule has 6 nitrogen and oxygen atoms in total. The van der Waals surface area contributed by atoms with Gasteiger partial charge in [-0.1, -0.05) is 48.5 Å². The molecule has 2 saturated heterocycles. The van der Waals surface area contributed by atoms with Crippen LogP contribution in [0, 0.1) is 13.8 Å². The summed E-state index contributed by atoms with van der Waals surface area (Å²) in [5, 5.41) is 1.37. The number of amides is 1. The first kappa shape index (κ1) is 30.6. The fraction of sp³-hybridized carbons (Fsp3) is 0.447. The number of nitrogens with zero attached hydrogens (tertiary/aromatic N) is 5. The van der Waals surface area contributed by atoms with Gasteiger partial charge in [0.1, 0.15) is 0 Å². The van der Waals surface area contributed by atoms with Crippen molar-refractivity contribution in [3.63, 3.8) is 0 Å². The Bertz CT molecular complexity index is 1530. The Labute approximate surface area is 263 Å². The van der Waals surface area contributed by atoms with Crippen molar-refractivity contribution in [3.05, 3.63) is 106 Å². The smallest absolute Gasteiger partial charge is 0.253 e. The van der Waals surface area contributed by atoms with Gasteiger partial charge in [0.05, 0.1) is 0 Å². The molecule has 0 unspecified atom stereocenters. The maximum atomic E-state index is 13.3. The van der Waals surface area contributed by atoms with Crippen molar-refractivity contribution in [2.45, 2.75) is 39.7 Å². The molecule has 2 aliphatic heterocycles. The van der Waals surface area contributed by atoms with Crippen molar-refractivity contribution in [3.8, 4) is 0 Å². The third-order valence-corrected chi connectivity index (χ3v) is 9.98. The second-order valence-electron chi connectivity index (χ2n) is 13.0. The van der Waals surface area contributed by atoms with Crippen LogP contribution in [0.1, 0.15) is 44.7 Å². The van der Waals surface area contributed by atoms with Gasteiger partial charge in [0.25, 0.3) is 5.91 Å². The van der Waals surface area contributed by atoms with Crippen LogP contribution in [0.25, 0.3) is 10.9 Å². The van der Waals surface area contributed by atoms with E-state index in [1.807, 2.05) is 17.0 Å². The Morgan fingerprint density at radius 1 is 0.682 bits per heavy atom. The predicted molar refractivity (Wildman–Crippen MR) is 182 cm³/mol. The van der Waals surface area contributed by atoms with Crippen LogP contribution in [0.2, 0.25) is 0 Å². The maximum absolute atomic E-state index is 13.3. The van der Waals surface area contributed by atoms with Gasteiger partial charge in [-0.05, 0) is 93.2 Å². The number of piperazine rings is 2. The summed E-state index contributed by atoms with van der Waals surface area (Å²) < 4.78 is 2.52. The molecule has 0 bridgehead atoms. The van der Waals surface area contributed by atoms with Crippen LogP contribution in [-0.2, 0) is 19.4 Å². The van der Waals surface area contributed by atoms with Crippen LogP contribution in [0.4, 0.5) is 0 Å². The number of aromatic nitrogens is 1. The van der Waals surface area contributed by atoms with Gasteiger partial charge >= 0.3 is 0 Å². The molecule has 2 aliphatic rings. The number of carbonyl (C=O) groups excluding carboxylic acids is 1. The number of hydrogen-bond acceptors (Lipinski definition) is 4. The number of benzene rings is 3. The first-order chi connectivity index (χ1) is 21.4. The van der Waals surface area contributed by atoms with E-state index in [0.29, 0.717) is 0 Å². The Balaban J connectivity index is 1.02. The molecule has 44 heavy (non-hydrogen) atoms. The summed E-state index contributed by atoms with van der Waals surface area (Å²) in [7, 11) is 2.22. The van der Waals surface area contributed by atoms with Gasteiger partial charge in [0, 0.05) is 87.6 Å². The second kappa shape index (κ2) is 14.1. The Morgan fingerprint density at radius 2 is 1.34 bits per heavy atom. The van der Waals surface area contributed by atoms with Gasteiger partial charge in [-0.3, -0.25) is 9.69 Å². The summed E-state index contributed by atoms with van der Waals surface area (Å²) in [6.07, 6.45) is 3.12. The average Bonchev–Trinajstić information content (AvgIpc) is 3.30.